The van der Waals surface area contributed by atoms with Crippen molar-refractivity contribution in [3.63, 3.8) is 0 Å². The van der Waals surface area contributed by atoms with Gasteiger partial charge in [-0.1, -0.05) is 24.6 Å². The van der Waals surface area contributed by atoms with E-state index < -0.39 is 6.10 Å². The number of hydrogen-bond acceptors (Lipinski definition) is 3. The van der Waals surface area contributed by atoms with Gasteiger partial charge in [-0.25, -0.2) is 0 Å². The molecule has 3 N–H and O–H groups in total. The lowest BCUT2D eigenvalue weighted by atomic mass is 9.94. The van der Waals surface area contributed by atoms with Crippen LogP contribution in [0.15, 0.2) is 18.2 Å². The smallest absolute Gasteiger partial charge is 0.0836 e. The largest absolute Gasteiger partial charge is 0.398 e. The van der Waals surface area contributed by atoms with Gasteiger partial charge in [-0.15, -0.1) is 0 Å². The van der Waals surface area contributed by atoms with E-state index in [2.05, 4.69) is 0 Å². The highest BCUT2D eigenvalue weighted by Gasteiger charge is 2.18. The number of aliphatic hydroxyl groups excluding tert-OH is 1. The third-order valence-electron chi connectivity index (χ3n) is 2.68. The van der Waals surface area contributed by atoms with E-state index >= 15 is 0 Å². The van der Waals surface area contributed by atoms with E-state index in [-0.39, 0.29) is 5.92 Å². The molecule has 0 aromatic heterocycles. The summed E-state index contributed by atoms with van der Waals surface area (Å²) in [7, 11) is 1.65. The van der Waals surface area contributed by atoms with Crippen LogP contribution in [-0.2, 0) is 4.74 Å². The molecular weight excluding hydrogens is 226 g/mol. The molecule has 0 amide bonds. The van der Waals surface area contributed by atoms with Gasteiger partial charge in [0.2, 0.25) is 0 Å². The van der Waals surface area contributed by atoms with Crippen LogP contribution in [0.5, 0.6) is 0 Å². The van der Waals surface area contributed by atoms with Crippen molar-refractivity contribution >= 4 is 17.3 Å². The lowest BCUT2D eigenvalue weighted by molar-refractivity contribution is 0.0891. The van der Waals surface area contributed by atoms with Gasteiger partial charge < -0.3 is 15.6 Å². The normalized spacial score (nSPS) is 14.8. The van der Waals surface area contributed by atoms with E-state index in [0.29, 0.717) is 17.3 Å². The number of anilines is 1. The minimum absolute atomic E-state index is 0.100. The first kappa shape index (κ1) is 13.3. The molecular formula is C12H18ClNO2. The number of halogens is 1. The van der Waals surface area contributed by atoms with Crippen LogP contribution in [0.2, 0.25) is 5.02 Å². The number of nitrogens with two attached hydrogens (primary N) is 1. The zero-order valence-corrected chi connectivity index (χ0v) is 10.4. The van der Waals surface area contributed by atoms with Crippen LogP contribution in [0, 0.1) is 5.92 Å². The fraction of sp³-hybridized carbons (Fsp3) is 0.500. The van der Waals surface area contributed by atoms with Gasteiger partial charge in [0.1, 0.15) is 0 Å². The summed E-state index contributed by atoms with van der Waals surface area (Å²) >= 11 is 5.80. The third-order valence-corrected chi connectivity index (χ3v) is 2.92. The fourth-order valence-electron chi connectivity index (χ4n) is 1.58. The van der Waals surface area contributed by atoms with Gasteiger partial charge in [0.25, 0.3) is 0 Å². The predicted octanol–water partition coefficient (Wildman–Crippen LogP) is 2.63. The maximum atomic E-state index is 10.1. The highest BCUT2D eigenvalue weighted by atomic mass is 35.5. The van der Waals surface area contributed by atoms with Crippen molar-refractivity contribution in [2.75, 3.05) is 19.5 Å². The van der Waals surface area contributed by atoms with Crippen LogP contribution in [0.4, 0.5) is 5.69 Å². The van der Waals surface area contributed by atoms with Crippen molar-refractivity contribution in [2.24, 2.45) is 5.92 Å². The zero-order chi connectivity index (χ0) is 12.1. The van der Waals surface area contributed by atoms with Gasteiger partial charge >= 0.3 is 0 Å². The van der Waals surface area contributed by atoms with E-state index in [1.807, 2.05) is 6.92 Å². The molecule has 0 heterocycles. The van der Waals surface area contributed by atoms with Crippen LogP contribution >= 0.6 is 11.6 Å². The first-order valence-corrected chi connectivity index (χ1v) is 5.66. The van der Waals surface area contributed by atoms with Crippen LogP contribution in [0.1, 0.15) is 25.0 Å². The molecule has 0 radical (unpaired) electrons. The Morgan fingerprint density at radius 3 is 2.75 bits per heavy atom. The second-order valence-corrected chi connectivity index (χ2v) is 4.41. The number of nitrogen functional groups attached to an aromatic ring is 1. The average molecular weight is 244 g/mol. The molecule has 3 nitrogen and oxygen atoms in total. The van der Waals surface area contributed by atoms with Crippen LogP contribution in [0.3, 0.4) is 0 Å². The Hall–Kier alpha value is -0.770. The average Bonchev–Trinajstić information content (AvgIpc) is 2.25. The molecule has 0 fully saturated rings. The molecule has 0 aliphatic carbocycles. The maximum Gasteiger partial charge on any atom is 0.0836 e. The number of methoxy groups -OCH3 is 1. The van der Waals surface area contributed by atoms with E-state index in [4.69, 9.17) is 22.1 Å². The van der Waals surface area contributed by atoms with Gasteiger partial charge in [-0.2, -0.15) is 0 Å². The number of aliphatic hydroxyl groups is 1. The van der Waals surface area contributed by atoms with Crippen molar-refractivity contribution in [1.82, 2.24) is 0 Å². The van der Waals surface area contributed by atoms with Crippen LogP contribution < -0.4 is 5.73 Å². The minimum Gasteiger partial charge on any atom is -0.398 e. The van der Waals surface area contributed by atoms with Crippen molar-refractivity contribution in [3.8, 4) is 0 Å². The van der Waals surface area contributed by atoms with Crippen molar-refractivity contribution in [3.05, 3.63) is 28.8 Å². The third kappa shape index (κ3) is 3.37. The summed E-state index contributed by atoms with van der Waals surface area (Å²) in [6.07, 6.45) is 0.215. The molecule has 0 aliphatic rings. The molecule has 16 heavy (non-hydrogen) atoms. The lowest BCUT2D eigenvalue weighted by Gasteiger charge is -2.20. The summed E-state index contributed by atoms with van der Waals surface area (Å²) in [6, 6.07) is 5.16. The second kappa shape index (κ2) is 6.09. The van der Waals surface area contributed by atoms with Crippen molar-refractivity contribution in [2.45, 2.75) is 19.4 Å². The summed E-state index contributed by atoms with van der Waals surface area (Å²) in [6.45, 7) is 2.60. The summed E-state index contributed by atoms with van der Waals surface area (Å²) < 4.78 is 4.98. The first-order valence-electron chi connectivity index (χ1n) is 5.28. The molecule has 2 unspecified atom stereocenters. The molecule has 1 aromatic carbocycles. The number of ether oxygens (including phenoxy) is 1. The monoisotopic (exact) mass is 243 g/mol. The summed E-state index contributed by atoms with van der Waals surface area (Å²) in [4.78, 5) is 0. The Kier molecular flexibility index (Phi) is 5.06. The van der Waals surface area contributed by atoms with E-state index in [9.17, 15) is 5.11 Å². The summed E-state index contributed by atoms with van der Waals surface area (Å²) in [5, 5.41) is 10.7. The summed E-state index contributed by atoms with van der Waals surface area (Å²) in [5.74, 6) is 0.100. The molecule has 0 spiro atoms. The Morgan fingerprint density at radius 2 is 2.19 bits per heavy atom. The molecule has 0 saturated heterocycles. The number of hydrogen-bond donors (Lipinski definition) is 2. The van der Waals surface area contributed by atoms with Crippen molar-refractivity contribution in [1.29, 1.82) is 0 Å². The highest BCUT2D eigenvalue weighted by molar-refractivity contribution is 6.30. The quantitative estimate of drug-likeness (QED) is 0.782. The Morgan fingerprint density at radius 1 is 1.50 bits per heavy atom. The zero-order valence-electron chi connectivity index (χ0n) is 9.61. The number of rotatable bonds is 5. The topological polar surface area (TPSA) is 55.5 Å². The molecule has 0 aliphatic heterocycles. The Balaban J connectivity index is 2.75. The van der Waals surface area contributed by atoms with Gasteiger partial charge in [0.15, 0.2) is 0 Å². The lowest BCUT2D eigenvalue weighted by Crippen LogP contribution is -2.13. The van der Waals surface area contributed by atoms with Crippen molar-refractivity contribution < 1.29 is 9.84 Å². The van der Waals surface area contributed by atoms with Gasteiger partial charge in [0, 0.05) is 30.0 Å². The van der Waals surface area contributed by atoms with Crippen LogP contribution in [-0.4, -0.2) is 18.8 Å². The molecule has 0 bridgehead atoms. The molecule has 4 heteroatoms. The Labute approximate surface area is 101 Å². The van der Waals surface area contributed by atoms with E-state index in [1.54, 1.807) is 25.3 Å². The predicted molar refractivity (Wildman–Crippen MR) is 66.5 cm³/mol. The highest BCUT2D eigenvalue weighted by Crippen LogP contribution is 2.30. The fourth-order valence-corrected chi connectivity index (χ4v) is 1.76. The SMILES string of the molecule is COCCC(C)C(O)c1ccc(Cl)cc1N. The molecule has 1 aromatic rings. The van der Waals surface area contributed by atoms with E-state index in [0.717, 1.165) is 12.0 Å². The number of benzene rings is 1. The summed E-state index contributed by atoms with van der Waals surface area (Å²) in [5.41, 5.74) is 7.07. The van der Waals surface area contributed by atoms with Gasteiger partial charge in [-0.3, -0.25) is 0 Å². The van der Waals surface area contributed by atoms with Gasteiger partial charge in [0.05, 0.1) is 6.10 Å². The Bertz CT molecular complexity index is 344. The molecule has 1 rings (SSSR count). The molecule has 90 valence electrons. The van der Waals surface area contributed by atoms with E-state index in [1.165, 1.54) is 0 Å². The minimum atomic E-state index is -0.576. The van der Waals surface area contributed by atoms with Crippen LogP contribution in [0.25, 0.3) is 0 Å². The maximum absolute atomic E-state index is 10.1. The molecule has 2 atom stereocenters. The first-order chi connectivity index (χ1) is 7.56. The molecule has 0 saturated carbocycles. The standard InChI is InChI=1S/C12H18ClNO2/c1-8(5-6-16-2)12(15)10-4-3-9(13)7-11(10)14/h3-4,7-8,12,15H,5-6,14H2,1-2H3. The second-order valence-electron chi connectivity index (χ2n) is 3.98. The van der Waals surface area contributed by atoms with Gasteiger partial charge in [-0.05, 0) is 24.5 Å².